The second kappa shape index (κ2) is 5.26. The predicted molar refractivity (Wildman–Crippen MR) is 98.1 cm³/mol. The zero-order valence-electron chi connectivity index (χ0n) is 17.2. The van der Waals surface area contributed by atoms with Crippen LogP contribution in [0, 0.1) is 22.7 Å². The Labute approximate surface area is 165 Å². The standard InChI is InChI=1S/C22H28O6/c1-10-17-12(27-19(10)25)8-14-21(5)13(6-7-22(14)18(17)28-22)20(3,4)15(24)9-16(21)26-11(2)23/h12-14,16,18H,6-9H2,1-5H3. The lowest BCUT2D eigenvalue weighted by Crippen LogP contribution is -2.65. The van der Waals surface area contributed by atoms with Gasteiger partial charge in [0.25, 0.3) is 0 Å². The van der Waals surface area contributed by atoms with Gasteiger partial charge >= 0.3 is 11.9 Å². The zero-order valence-corrected chi connectivity index (χ0v) is 17.2. The Morgan fingerprint density at radius 3 is 2.57 bits per heavy atom. The lowest BCUT2D eigenvalue weighted by molar-refractivity contribution is -0.200. The Hall–Kier alpha value is -1.69. The zero-order chi connectivity index (χ0) is 20.2. The molecule has 6 heteroatoms. The topological polar surface area (TPSA) is 82.2 Å². The van der Waals surface area contributed by atoms with Crippen LogP contribution in [-0.2, 0) is 28.6 Å². The number of rotatable bonds is 1. The van der Waals surface area contributed by atoms with Crippen LogP contribution in [-0.4, -0.2) is 41.6 Å². The van der Waals surface area contributed by atoms with Crippen LogP contribution in [0.1, 0.15) is 60.3 Å². The summed E-state index contributed by atoms with van der Waals surface area (Å²) in [7, 11) is 0. The number of fused-ring (bicyclic) bond motifs is 4. The molecule has 5 aliphatic rings. The molecule has 28 heavy (non-hydrogen) atoms. The van der Waals surface area contributed by atoms with Crippen LogP contribution in [0.25, 0.3) is 0 Å². The number of Topliss-reactive ketones (excluding diaryl/α,β-unsaturated/α-hetero) is 1. The highest BCUT2D eigenvalue weighted by atomic mass is 16.6. The third-order valence-corrected chi connectivity index (χ3v) is 8.67. The maximum atomic E-state index is 12.9. The van der Waals surface area contributed by atoms with E-state index in [2.05, 4.69) is 6.92 Å². The maximum absolute atomic E-state index is 12.9. The SMILES string of the molecule is CC(=O)OC1CC(=O)C(C)(C)C2CCC34OC3C3=C(C)C(=O)OC3CC4C12C. The van der Waals surface area contributed by atoms with Gasteiger partial charge in [-0.05, 0) is 32.1 Å². The molecule has 0 bridgehead atoms. The third-order valence-electron chi connectivity index (χ3n) is 8.67. The van der Waals surface area contributed by atoms with Crippen LogP contribution in [0.3, 0.4) is 0 Å². The van der Waals surface area contributed by atoms with Gasteiger partial charge in [-0.1, -0.05) is 20.8 Å². The van der Waals surface area contributed by atoms with Crippen molar-refractivity contribution >= 4 is 17.7 Å². The van der Waals surface area contributed by atoms with Gasteiger partial charge in [0.2, 0.25) is 0 Å². The summed E-state index contributed by atoms with van der Waals surface area (Å²) in [6, 6.07) is 0. The maximum Gasteiger partial charge on any atom is 0.334 e. The van der Waals surface area contributed by atoms with E-state index < -0.39 is 16.9 Å². The summed E-state index contributed by atoms with van der Waals surface area (Å²) < 4.78 is 17.8. The van der Waals surface area contributed by atoms with E-state index in [1.54, 1.807) is 0 Å². The normalized spacial score (nSPS) is 48.1. The molecule has 3 aliphatic carbocycles. The van der Waals surface area contributed by atoms with Crippen molar-refractivity contribution in [3.05, 3.63) is 11.1 Å². The van der Waals surface area contributed by atoms with Crippen molar-refractivity contribution in [3.8, 4) is 0 Å². The Bertz CT molecular complexity index is 840. The Kier molecular flexibility index (Phi) is 3.45. The highest BCUT2D eigenvalue weighted by Gasteiger charge is 2.77. The highest BCUT2D eigenvalue weighted by molar-refractivity contribution is 5.92. The van der Waals surface area contributed by atoms with Crippen molar-refractivity contribution in [2.75, 3.05) is 0 Å². The summed E-state index contributed by atoms with van der Waals surface area (Å²) >= 11 is 0. The fourth-order valence-corrected chi connectivity index (χ4v) is 7.24. The molecule has 1 spiro atoms. The second-order valence-electron chi connectivity index (χ2n) is 10.1. The minimum atomic E-state index is -0.476. The molecule has 2 aliphatic heterocycles. The molecule has 2 heterocycles. The van der Waals surface area contributed by atoms with Crippen molar-refractivity contribution < 1.29 is 28.6 Å². The lowest BCUT2D eigenvalue weighted by atomic mass is 9.43. The van der Waals surface area contributed by atoms with Crippen LogP contribution in [0.5, 0.6) is 0 Å². The minimum Gasteiger partial charge on any atom is -0.461 e. The predicted octanol–water partition coefficient (Wildman–Crippen LogP) is 2.73. The van der Waals surface area contributed by atoms with Crippen LogP contribution in [0.4, 0.5) is 0 Å². The van der Waals surface area contributed by atoms with Gasteiger partial charge in [0, 0.05) is 41.2 Å². The van der Waals surface area contributed by atoms with E-state index in [0.29, 0.717) is 12.0 Å². The fourth-order valence-electron chi connectivity index (χ4n) is 7.24. The number of carbonyl (C=O) groups excluding carboxylic acids is 3. The highest BCUT2D eigenvalue weighted by Crippen LogP contribution is 2.71. The van der Waals surface area contributed by atoms with Gasteiger partial charge in [-0.25, -0.2) is 4.79 Å². The van der Waals surface area contributed by atoms with Gasteiger partial charge in [-0.15, -0.1) is 0 Å². The molecule has 7 unspecified atom stereocenters. The smallest absolute Gasteiger partial charge is 0.334 e. The van der Waals surface area contributed by atoms with E-state index in [0.717, 1.165) is 18.4 Å². The first-order valence-corrected chi connectivity index (χ1v) is 10.3. The Morgan fingerprint density at radius 1 is 1.18 bits per heavy atom. The number of ether oxygens (including phenoxy) is 3. The molecule has 0 amide bonds. The average Bonchev–Trinajstić information content (AvgIpc) is 3.24. The van der Waals surface area contributed by atoms with Crippen molar-refractivity contribution in [2.24, 2.45) is 22.7 Å². The van der Waals surface area contributed by atoms with E-state index in [-0.39, 0.29) is 53.8 Å². The van der Waals surface area contributed by atoms with Crippen LogP contribution in [0.2, 0.25) is 0 Å². The van der Waals surface area contributed by atoms with E-state index in [9.17, 15) is 14.4 Å². The van der Waals surface area contributed by atoms with Crippen LogP contribution in [0.15, 0.2) is 11.1 Å². The van der Waals surface area contributed by atoms with Gasteiger partial charge in [0.15, 0.2) is 0 Å². The van der Waals surface area contributed by atoms with Crippen LogP contribution < -0.4 is 0 Å². The molecule has 0 aromatic rings. The van der Waals surface area contributed by atoms with Crippen molar-refractivity contribution in [2.45, 2.75) is 84.2 Å². The van der Waals surface area contributed by atoms with E-state index >= 15 is 0 Å². The number of ketones is 1. The molecule has 0 radical (unpaired) electrons. The molecule has 0 N–H and O–H groups in total. The summed E-state index contributed by atoms with van der Waals surface area (Å²) in [4.78, 5) is 37.0. The second-order valence-corrected chi connectivity index (χ2v) is 10.1. The van der Waals surface area contributed by atoms with E-state index in [1.165, 1.54) is 6.92 Å². The first-order chi connectivity index (χ1) is 13.0. The molecule has 152 valence electrons. The molecule has 0 aromatic carbocycles. The molecule has 5 rings (SSSR count). The quantitative estimate of drug-likeness (QED) is 0.507. The first-order valence-electron chi connectivity index (χ1n) is 10.3. The monoisotopic (exact) mass is 388 g/mol. The lowest BCUT2D eigenvalue weighted by Gasteiger charge is -2.61. The molecule has 6 nitrogen and oxygen atoms in total. The van der Waals surface area contributed by atoms with Gasteiger partial charge < -0.3 is 14.2 Å². The molecule has 7 atom stereocenters. The van der Waals surface area contributed by atoms with Crippen LogP contribution >= 0.6 is 0 Å². The minimum absolute atomic E-state index is 0.0768. The number of carbonyl (C=O) groups is 3. The molecular weight excluding hydrogens is 360 g/mol. The summed E-state index contributed by atoms with van der Waals surface area (Å²) in [5.74, 6) is -0.278. The van der Waals surface area contributed by atoms with Gasteiger partial charge in [0.05, 0.1) is 0 Å². The first kappa shape index (κ1) is 18.3. The molecule has 1 saturated heterocycles. The van der Waals surface area contributed by atoms with E-state index in [1.807, 2.05) is 20.8 Å². The Balaban J connectivity index is 1.60. The largest absolute Gasteiger partial charge is 0.461 e. The van der Waals surface area contributed by atoms with E-state index in [4.69, 9.17) is 14.2 Å². The summed E-state index contributed by atoms with van der Waals surface area (Å²) in [5, 5.41) is 0. The van der Waals surface area contributed by atoms with Gasteiger partial charge in [0.1, 0.15) is 29.7 Å². The number of hydrogen-bond donors (Lipinski definition) is 0. The fraction of sp³-hybridized carbons (Fsp3) is 0.773. The number of hydrogen-bond acceptors (Lipinski definition) is 6. The summed E-state index contributed by atoms with van der Waals surface area (Å²) in [6.07, 6.45) is 1.82. The summed E-state index contributed by atoms with van der Waals surface area (Å²) in [5.41, 5.74) is 0.508. The number of epoxide rings is 1. The van der Waals surface area contributed by atoms with Gasteiger partial charge in [-0.2, -0.15) is 0 Å². The average molecular weight is 388 g/mol. The number of esters is 2. The van der Waals surface area contributed by atoms with Crippen molar-refractivity contribution in [1.29, 1.82) is 0 Å². The van der Waals surface area contributed by atoms with Gasteiger partial charge in [-0.3, -0.25) is 9.59 Å². The molecule has 3 saturated carbocycles. The van der Waals surface area contributed by atoms with Crippen molar-refractivity contribution in [1.82, 2.24) is 0 Å². The summed E-state index contributed by atoms with van der Waals surface area (Å²) in [6.45, 7) is 9.45. The van der Waals surface area contributed by atoms with Crippen molar-refractivity contribution in [3.63, 3.8) is 0 Å². The molecular formula is C22H28O6. The Morgan fingerprint density at radius 2 is 1.89 bits per heavy atom. The molecule has 0 aromatic heterocycles. The molecule has 4 fully saturated rings. The third kappa shape index (κ3) is 2.00.